The molecule has 1 aliphatic carbocycles. The third-order valence-corrected chi connectivity index (χ3v) is 7.11. The predicted molar refractivity (Wildman–Crippen MR) is 74.3 cm³/mol. The molecule has 0 unspecified atom stereocenters. The van der Waals surface area contributed by atoms with Crippen LogP contribution in [0.15, 0.2) is 18.5 Å². The molecule has 1 saturated carbocycles. The molecule has 0 amide bonds. The fraction of sp³-hybridized carbons (Fsp3) is 0.444. The third kappa shape index (κ3) is 2.96. The quantitative estimate of drug-likeness (QED) is 0.797. The largest absolute Gasteiger partial charge is 0.480 e. The number of hydrogen-bond donors (Lipinski definition) is 1. The third-order valence-electron chi connectivity index (χ3n) is 2.46. The van der Waals surface area contributed by atoms with E-state index in [2.05, 4.69) is 31.9 Å². The highest BCUT2D eigenvalue weighted by Gasteiger charge is 2.40. The SMILES string of the molecule is O=C(O)CN(C1CC1)S(=O)(=O)c1cc(Br)sc1Br. The van der Waals surface area contributed by atoms with Crippen LogP contribution in [0.5, 0.6) is 0 Å². The molecular formula is C9H9Br2NO4S2. The van der Waals surface area contributed by atoms with E-state index in [-0.39, 0.29) is 10.9 Å². The van der Waals surface area contributed by atoms with Crippen LogP contribution in [0, 0.1) is 0 Å². The molecule has 18 heavy (non-hydrogen) atoms. The smallest absolute Gasteiger partial charge is 0.318 e. The van der Waals surface area contributed by atoms with E-state index in [0.717, 1.165) is 17.1 Å². The van der Waals surface area contributed by atoms with Gasteiger partial charge in [0.25, 0.3) is 0 Å². The maximum Gasteiger partial charge on any atom is 0.318 e. The summed E-state index contributed by atoms with van der Waals surface area (Å²) in [6.45, 7) is -0.493. The van der Waals surface area contributed by atoms with Crippen molar-refractivity contribution in [3.63, 3.8) is 0 Å². The van der Waals surface area contributed by atoms with Gasteiger partial charge in [-0.2, -0.15) is 4.31 Å². The molecule has 0 aromatic carbocycles. The van der Waals surface area contributed by atoms with Crippen LogP contribution in [-0.2, 0) is 14.8 Å². The highest BCUT2D eigenvalue weighted by molar-refractivity contribution is 9.12. The van der Waals surface area contributed by atoms with E-state index in [0.29, 0.717) is 7.57 Å². The lowest BCUT2D eigenvalue weighted by molar-refractivity contribution is -0.137. The second kappa shape index (κ2) is 5.20. The van der Waals surface area contributed by atoms with Gasteiger partial charge in [0.05, 0.1) is 7.57 Å². The van der Waals surface area contributed by atoms with Crippen molar-refractivity contribution < 1.29 is 18.3 Å². The molecule has 0 saturated heterocycles. The van der Waals surface area contributed by atoms with Crippen LogP contribution in [0.2, 0.25) is 0 Å². The Labute approximate surface area is 125 Å². The van der Waals surface area contributed by atoms with Gasteiger partial charge in [0.2, 0.25) is 10.0 Å². The fourth-order valence-corrected chi connectivity index (χ4v) is 6.93. The Morgan fingerprint density at radius 2 is 2.11 bits per heavy atom. The van der Waals surface area contributed by atoms with E-state index in [1.54, 1.807) is 0 Å². The summed E-state index contributed by atoms with van der Waals surface area (Å²) in [4.78, 5) is 10.9. The maximum atomic E-state index is 12.4. The summed E-state index contributed by atoms with van der Waals surface area (Å²) >= 11 is 7.65. The van der Waals surface area contributed by atoms with Crippen molar-refractivity contribution in [2.75, 3.05) is 6.54 Å². The molecule has 1 aromatic heterocycles. The number of carboxylic acid groups (broad SMARTS) is 1. The number of carboxylic acids is 1. The van der Waals surface area contributed by atoms with E-state index in [9.17, 15) is 13.2 Å². The topological polar surface area (TPSA) is 74.7 Å². The van der Waals surface area contributed by atoms with Gasteiger partial charge in [0.15, 0.2) is 0 Å². The molecule has 2 rings (SSSR count). The number of aliphatic carboxylic acids is 1. The zero-order valence-corrected chi connectivity index (χ0v) is 13.8. The normalized spacial score (nSPS) is 16.2. The van der Waals surface area contributed by atoms with Crippen molar-refractivity contribution in [3.8, 4) is 0 Å². The zero-order chi connectivity index (χ0) is 13.5. The minimum atomic E-state index is -3.76. The monoisotopic (exact) mass is 417 g/mol. The van der Waals surface area contributed by atoms with Crippen LogP contribution in [-0.4, -0.2) is 36.4 Å². The van der Waals surface area contributed by atoms with Gasteiger partial charge in [0.1, 0.15) is 11.4 Å². The highest BCUT2D eigenvalue weighted by atomic mass is 79.9. The van der Waals surface area contributed by atoms with E-state index in [1.165, 1.54) is 17.4 Å². The zero-order valence-electron chi connectivity index (χ0n) is 8.97. The molecular weight excluding hydrogens is 410 g/mol. The number of hydrogen-bond acceptors (Lipinski definition) is 4. The van der Waals surface area contributed by atoms with E-state index >= 15 is 0 Å². The Balaban J connectivity index is 2.39. The number of halogens is 2. The lowest BCUT2D eigenvalue weighted by Crippen LogP contribution is -2.37. The first-order chi connectivity index (χ1) is 8.32. The molecule has 0 radical (unpaired) electrons. The number of sulfonamides is 1. The Kier molecular flexibility index (Phi) is 4.17. The van der Waals surface area contributed by atoms with Gasteiger partial charge in [-0.25, -0.2) is 8.42 Å². The summed E-state index contributed by atoms with van der Waals surface area (Å²) in [5, 5.41) is 8.82. The van der Waals surface area contributed by atoms with Crippen LogP contribution in [0.3, 0.4) is 0 Å². The Hall–Kier alpha value is 0.0400. The van der Waals surface area contributed by atoms with Crippen LogP contribution in [0.25, 0.3) is 0 Å². The van der Waals surface area contributed by atoms with E-state index < -0.39 is 22.5 Å². The van der Waals surface area contributed by atoms with Gasteiger partial charge in [-0.05, 0) is 50.8 Å². The van der Waals surface area contributed by atoms with Crippen LogP contribution < -0.4 is 0 Å². The molecule has 9 heteroatoms. The number of carbonyl (C=O) groups is 1. The fourth-order valence-electron chi connectivity index (χ4n) is 1.53. The van der Waals surface area contributed by atoms with Gasteiger partial charge < -0.3 is 5.11 Å². The van der Waals surface area contributed by atoms with Gasteiger partial charge in [-0.15, -0.1) is 11.3 Å². The average molecular weight is 419 g/mol. The summed E-state index contributed by atoms with van der Waals surface area (Å²) < 4.78 is 27.0. The predicted octanol–water partition coefficient (Wildman–Crippen LogP) is 2.51. The van der Waals surface area contributed by atoms with Gasteiger partial charge in [-0.3, -0.25) is 4.79 Å². The van der Waals surface area contributed by atoms with Gasteiger partial charge >= 0.3 is 5.97 Å². The highest BCUT2D eigenvalue weighted by Crippen LogP contribution is 2.39. The first-order valence-corrected chi connectivity index (χ1v) is 8.85. The number of nitrogens with zero attached hydrogens (tertiary/aromatic N) is 1. The molecule has 0 bridgehead atoms. The standard InChI is InChI=1S/C9H9Br2NO4S2/c10-7-3-6(9(11)17-7)18(15,16)12(4-8(13)14)5-1-2-5/h3,5H,1-2,4H2,(H,13,14). The molecule has 5 nitrogen and oxygen atoms in total. The van der Waals surface area contributed by atoms with Crippen molar-refractivity contribution in [2.24, 2.45) is 0 Å². The molecule has 0 aliphatic heterocycles. The summed E-state index contributed by atoms with van der Waals surface area (Å²) in [6, 6.07) is 1.30. The van der Waals surface area contributed by atoms with Crippen LogP contribution in [0.4, 0.5) is 0 Å². The Morgan fingerprint density at radius 1 is 1.50 bits per heavy atom. The second-order valence-corrected chi connectivity index (χ2v) is 9.47. The summed E-state index contributed by atoms with van der Waals surface area (Å²) in [6.07, 6.45) is 1.44. The minimum Gasteiger partial charge on any atom is -0.480 e. The molecule has 1 fully saturated rings. The summed E-state index contributed by atoms with van der Waals surface area (Å²) in [7, 11) is -3.76. The van der Waals surface area contributed by atoms with E-state index in [4.69, 9.17) is 5.11 Å². The van der Waals surface area contributed by atoms with Crippen molar-refractivity contribution in [2.45, 2.75) is 23.8 Å². The van der Waals surface area contributed by atoms with Gasteiger partial charge in [-0.1, -0.05) is 0 Å². The molecule has 100 valence electrons. The lowest BCUT2D eigenvalue weighted by atomic mass is 10.6. The molecule has 1 N–H and O–H groups in total. The summed E-state index contributed by atoms with van der Waals surface area (Å²) in [5.74, 6) is -1.14. The Morgan fingerprint density at radius 3 is 2.50 bits per heavy atom. The van der Waals surface area contributed by atoms with Crippen LogP contribution in [0.1, 0.15) is 12.8 Å². The average Bonchev–Trinajstić information content (AvgIpc) is 3.00. The summed E-state index contributed by atoms with van der Waals surface area (Å²) in [5.41, 5.74) is 0. The first kappa shape index (κ1) is 14.4. The maximum absolute atomic E-state index is 12.4. The number of thiophene rings is 1. The molecule has 0 spiro atoms. The lowest BCUT2D eigenvalue weighted by Gasteiger charge is -2.19. The minimum absolute atomic E-state index is 0.118. The van der Waals surface area contributed by atoms with Crippen molar-refractivity contribution in [1.82, 2.24) is 4.31 Å². The Bertz CT molecular complexity index is 579. The van der Waals surface area contributed by atoms with Crippen LogP contribution >= 0.6 is 43.2 Å². The van der Waals surface area contributed by atoms with Gasteiger partial charge in [0, 0.05) is 6.04 Å². The molecule has 1 heterocycles. The molecule has 0 atom stereocenters. The van der Waals surface area contributed by atoms with Crippen molar-refractivity contribution >= 4 is 59.2 Å². The van der Waals surface area contributed by atoms with Crippen molar-refractivity contribution in [1.29, 1.82) is 0 Å². The van der Waals surface area contributed by atoms with Crippen molar-refractivity contribution in [3.05, 3.63) is 13.6 Å². The first-order valence-electron chi connectivity index (χ1n) is 5.01. The molecule has 1 aromatic rings. The second-order valence-electron chi connectivity index (χ2n) is 3.86. The van der Waals surface area contributed by atoms with E-state index in [1.807, 2.05) is 0 Å². The molecule has 1 aliphatic rings. The number of rotatable bonds is 5.